The zero-order valence-electron chi connectivity index (χ0n) is 10.6. The van der Waals surface area contributed by atoms with Gasteiger partial charge in [-0.2, -0.15) is 10.2 Å². The molecule has 2 heteroatoms. The van der Waals surface area contributed by atoms with Crippen LogP contribution in [0.15, 0.2) is 47.3 Å². The molecule has 16 heavy (non-hydrogen) atoms. The summed E-state index contributed by atoms with van der Waals surface area (Å²) in [4.78, 5) is 0. The van der Waals surface area contributed by atoms with Crippen LogP contribution in [0, 0.1) is 6.92 Å². The number of allylic oxidation sites excluding steroid dienone is 1. The van der Waals surface area contributed by atoms with Crippen LogP contribution < -0.4 is 0 Å². The van der Waals surface area contributed by atoms with Crippen molar-refractivity contribution in [3.05, 3.63) is 48.2 Å². The number of rotatable bonds is 3. The smallest absolute Gasteiger partial charge is 0.0929 e. The summed E-state index contributed by atoms with van der Waals surface area (Å²) in [5.41, 5.74) is 3.06. The highest BCUT2D eigenvalue weighted by Gasteiger charge is 1.96. The standard InChI is InChI=1S/C12H14N2.C2H6/c1-4-8-13-14-12-7-6-10(3)9-11(12)5-2;1-2/h4-9H,2H2,1,3H3;1-2H3/b8-4-,14-13?;. The molecule has 0 aliphatic carbocycles. The Kier molecular flexibility index (Phi) is 7.68. The first-order valence-corrected chi connectivity index (χ1v) is 5.53. The molecule has 0 saturated carbocycles. The summed E-state index contributed by atoms with van der Waals surface area (Å²) in [6, 6.07) is 5.99. The van der Waals surface area contributed by atoms with Crippen LogP contribution in [0.4, 0.5) is 5.69 Å². The van der Waals surface area contributed by atoms with Crippen LogP contribution in [0.25, 0.3) is 6.08 Å². The third-order valence-corrected chi connectivity index (χ3v) is 1.78. The molecule has 0 radical (unpaired) electrons. The van der Waals surface area contributed by atoms with Gasteiger partial charge in [0.15, 0.2) is 0 Å². The van der Waals surface area contributed by atoms with Gasteiger partial charge in [-0.3, -0.25) is 0 Å². The lowest BCUT2D eigenvalue weighted by Crippen LogP contribution is -1.76. The molecule has 0 amide bonds. The van der Waals surface area contributed by atoms with Gasteiger partial charge in [0.05, 0.1) is 5.69 Å². The summed E-state index contributed by atoms with van der Waals surface area (Å²) < 4.78 is 0. The maximum atomic E-state index is 4.07. The number of azo groups is 1. The van der Waals surface area contributed by atoms with E-state index in [1.54, 1.807) is 12.3 Å². The molecule has 1 rings (SSSR count). The van der Waals surface area contributed by atoms with E-state index in [-0.39, 0.29) is 0 Å². The summed E-state index contributed by atoms with van der Waals surface area (Å²) in [5.74, 6) is 0. The van der Waals surface area contributed by atoms with E-state index in [9.17, 15) is 0 Å². The van der Waals surface area contributed by atoms with E-state index in [4.69, 9.17) is 0 Å². The van der Waals surface area contributed by atoms with Crippen LogP contribution in [0.2, 0.25) is 0 Å². The summed E-state index contributed by atoms with van der Waals surface area (Å²) in [7, 11) is 0. The number of aryl methyl sites for hydroxylation is 1. The maximum Gasteiger partial charge on any atom is 0.0929 e. The molecule has 0 N–H and O–H groups in total. The molecule has 0 heterocycles. The predicted molar refractivity (Wildman–Crippen MR) is 71.9 cm³/mol. The minimum Gasteiger partial charge on any atom is -0.159 e. The topological polar surface area (TPSA) is 24.7 Å². The first kappa shape index (κ1) is 14.3. The van der Waals surface area contributed by atoms with E-state index < -0.39 is 0 Å². The first-order valence-electron chi connectivity index (χ1n) is 5.53. The second-order valence-electron chi connectivity index (χ2n) is 2.96. The van der Waals surface area contributed by atoms with Crippen molar-refractivity contribution in [1.29, 1.82) is 0 Å². The lowest BCUT2D eigenvalue weighted by Gasteiger charge is -1.99. The van der Waals surface area contributed by atoms with Crippen molar-refractivity contribution in [2.24, 2.45) is 10.2 Å². The van der Waals surface area contributed by atoms with Gasteiger partial charge in [-0.25, -0.2) is 0 Å². The van der Waals surface area contributed by atoms with Crippen LogP contribution in [0.1, 0.15) is 31.9 Å². The Morgan fingerprint density at radius 3 is 2.50 bits per heavy atom. The monoisotopic (exact) mass is 216 g/mol. The van der Waals surface area contributed by atoms with Gasteiger partial charge >= 0.3 is 0 Å². The van der Waals surface area contributed by atoms with Crippen molar-refractivity contribution in [2.45, 2.75) is 27.7 Å². The number of hydrogen-bond acceptors (Lipinski definition) is 2. The molecule has 0 aliphatic rings. The third kappa shape index (κ3) is 4.69. The highest BCUT2D eigenvalue weighted by molar-refractivity contribution is 5.63. The van der Waals surface area contributed by atoms with Crippen molar-refractivity contribution in [3.63, 3.8) is 0 Å². The Balaban J connectivity index is 0.00000106. The molecule has 0 atom stereocenters. The van der Waals surface area contributed by atoms with Gasteiger partial charge < -0.3 is 0 Å². The van der Waals surface area contributed by atoms with Crippen molar-refractivity contribution in [2.75, 3.05) is 0 Å². The minimum atomic E-state index is 0.851. The molecular weight excluding hydrogens is 196 g/mol. The summed E-state index contributed by atoms with van der Waals surface area (Å²) in [6.07, 6.45) is 5.29. The normalized spacial score (nSPS) is 10.2. The second-order valence-corrected chi connectivity index (χ2v) is 2.96. The van der Waals surface area contributed by atoms with E-state index in [2.05, 4.69) is 16.8 Å². The largest absolute Gasteiger partial charge is 0.159 e. The fourth-order valence-electron chi connectivity index (χ4n) is 1.09. The van der Waals surface area contributed by atoms with Gasteiger partial charge in [0.2, 0.25) is 0 Å². The number of nitrogens with zero attached hydrogens (tertiary/aromatic N) is 2. The van der Waals surface area contributed by atoms with Crippen molar-refractivity contribution >= 4 is 11.8 Å². The highest BCUT2D eigenvalue weighted by Crippen LogP contribution is 2.21. The molecule has 0 spiro atoms. The van der Waals surface area contributed by atoms with Crippen LogP contribution in [-0.4, -0.2) is 0 Å². The quantitative estimate of drug-likeness (QED) is 0.614. The van der Waals surface area contributed by atoms with Crippen LogP contribution in [0.5, 0.6) is 0 Å². The Morgan fingerprint density at radius 1 is 1.25 bits per heavy atom. The molecule has 86 valence electrons. The molecule has 0 aliphatic heterocycles. The molecule has 0 aromatic heterocycles. The van der Waals surface area contributed by atoms with E-state index >= 15 is 0 Å². The Morgan fingerprint density at radius 2 is 1.94 bits per heavy atom. The fraction of sp³-hybridized carbons (Fsp3) is 0.286. The van der Waals surface area contributed by atoms with Gasteiger partial charge in [0.1, 0.15) is 0 Å². The van der Waals surface area contributed by atoms with E-state index in [1.807, 2.05) is 52.0 Å². The second kappa shape index (κ2) is 8.60. The van der Waals surface area contributed by atoms with E-state index in [1.165, 1.54) is 5.56 Å². The highest BCUT2D eigenvalue weighted by atomic mass is 15.1. The zero-order valence-corrected chi connectivity index (χ0v) is 10.6. The van der Waals surface area contributed by atoms with Gasteiger partial charge in [-0.15, -0.1) is 0 Å². The predicted octanol–water partition coefficient (Wildman–Crippen LogP) is 5.28. The Hall–Kier alpha value is -1.70. The maximum absolute atomic E-state index is 4.07. The average molecular weight is 216 g/mol. The van der Waals surface area contributed by atoms with Crippen LogP contribution in [0.3, 0.4) is 0 Å². The number of hydrogen-bond donors (Lipinski definition) is 0. The van der Waals surface area contributed by atoms with Crippen molar-refractivity contribution < 1.29 is 0 Å². The van der Waals surface area contributed by atoms with Crippen LogP contribution in [-0.2, 0) is 0 Å². The van der Waals surface area contributed by atoms with Gasteiger partial charge in [0, 0.05) is 11.8 Å². The molecule has 1 aromatic rings. The molecule has 0 bridgehead atoms. The van der Waals surface area contributed by atoms with Gasteiger partial charge in [-0.1, -0.05) is 44.2 Å². The lowest BCUT2D eigenvalue weighted by atomic mass is 10.1. The first-order chi connectivity index (χ1) is 7.77. The number of benzene rings is 1. The average Bonchev–Trinajstić information content (AvgIpc) is 2.33. The molecule has 0 fully saturated rings. The van der Waals surface area contributed by atoms with Gasteiger partial charge in [-0.05, 0) is 26.0 Å². The fourth-order valence-corrected chi connectivity index (χ4v) is 1.09. The SMILES string of the molecule is C=Cc1cc(C)ccc1N=N/C=C\C.CC. The Labute approximate surface area is 98.4 Å². The van der Waals surface area contributed by atoms with E-state index in [0.29, 0.717) is 0 Å². The van der Waals surface area contributed by atoms with Crippen LogP contribution >= 0.6 is 0 Å². The van der Waals surface area contributed by atoms with Crippen molar-refractivity contribution in [1.82, 2.24) is 0 Å². The zero-order chi connectivity index (χ0) is 12.4. The Bertz CT molecular complexity index is 376. The van der Waals surface area contributed by atoms with Gasteiger partial charge in [0.25, 0.3) is 0 Å². The van der Waals surface area contributed by atoms with E-state index in [0.717, 1.165) is 11.3 Å². The third-order valence-electron chi connectivity index (χ3n) is 1.78. The summed E-state index contributed by atoms with van der Waals surface area (Å²) in [6.45, 7) is 11.7. The van der Waals surface area contributed by atoms with Crippen molar-refractivity contribution in [3.8, 4) is 0 Å². The summed E-state index contributed by atoms with van der Waals surface area (Å²) in [5, 5.41) is 7.97. The summed E-state index contributed by atoms with van der Waals surface area (Å²) >= 11 is 0. The minimum absolute atomic E-state index is 0.851. The molecular formula is C14H20N2. The molecule has 0 unspecified atom stereocenters. The molecule has 0 saturated heterocycles. The molecule has 1 aromatic carbocycles. The lowest BCUT2D eigenvalue weighted by molar-refractivity contribution is 1.21. The molecule has 2 nitrogen and oxygen atoms in total.